The van der Waals surface area contributed by atoms with Crippen LogP contribution < -0.4 is 0 Å². The van der Waals surface area contributed by atoms with Gasteiger partial charge in [-0.15, -0.1) is 0 Å². The standard InChI is InChI=1S/2C8H16.C7H14.2C6H12.C6H14.2C5H10.4C5H12.C4H8.2C4H10.C3H8.2C2H6/c1-7-5-4-6-8(7,2)3;1-6-4-5-7(2)8(6)3;1-6-4-3-5-7(6)2;1-6-4-2-3-5-6;1-2-6-4-3-5-6;1-5-6(2,3)4;1-5-3-2-4-5;1-2-5-3-4-5;1-5(2,3)4;2*1-4-5(2)3;1-3-5-4-2;1-4-2-3-4;1-4(2)3;1-3-4-2;1-3-2;2*1-2/h7H,4-6H2,1-3H3;6-8H,4-5H2,1-3H3;6-7H,3-5H2,1-2H3;2*6H,2-5H2,1H3;5H2,1-4H3;2*5H,2-4H2,1H3;1-4H3;2*5H,4H2,1-3H3;3-5H2,1-2H3;4H,2-3H2,1H3;4H,1-3H3;3-4H2,1-2H3;3H2,1-2H3;2*1-2H3/t7-;;6-,7?;;;;;;;;;;;;;;;/m1.1.............../s1. The Kier molecular flexibility index (Phi) is 98.6. The summed E-state index contributed by atoms with van der Waals surface area (Å²) in [7, 11) is 0. The van der Waals surface area contributed by atoms with Crippen LogP contribution in [0.5, 0.6) is 0 Å². The Morgan fingerprint density at radius 1 is 0.356 bits per heavy atom. The van der Waals surface area contributed by atoms with E-state index < -0.39 is 0 Å². The highest BCUT2D eigenvalue weighted by Crippen LogP contribution is 2.42. The Bertz CT molecular complexity index is 1120. The molecule has 0 aromatic carbocycles. The Morgan fingerprint density at radius 3 is 0.667 bits per heavy atom. The molecule has 3 unspecified atom stereocenters. The number of unbranched alkanes of at least 4 members (excludes halogenated alkanes) is 3. The van der Waals surface area contributed by atoms with Crippen molar-refractivity contribution >= 4 is 0 Å². The van der Waals surface area contributed by atoms with E-state index in [1.165, 1.54) is 212 Å². The molecule has 8 aliphatic rings. The normalized spacial score (nSPS) is 21.9. The summed E-state index contributed by atoms with van der Waals surface area (Å²) in [5.41, 5.74) is 1.69. The van der Waals surface area contributed by atoms with Gasteiger partial charge in [0.2, 0.25) is 0 Å². The molecule has 0 N–H and O–H groups in total. The Labute approximate surface area is 584 Å². The van der Waals surface area contributed by atoms with Gasteiger partial charge in [-0.3, -0.25) is 0 Å². The van der Waals surface area contributed by atoms with Crippen molar-refractivity contribution in [3.63, 3.8) is 0 Å². The minimum Gasteiger partial charge on any atom is -0.0683 e. The SMILES string of the molecule is CC.CC.CC(C)(C)C.CC(C)C.CC1CC1.CC1CCC(C)C1C.CC1CCC1.CC1CCCC1.CC1CCC[C@H]1C.CCC.CCC(C)(C)C.CCC(C)C.CCC(C)C.CCC1CC1.CCC1CCC1.CCCC.CCCCC.C[C@@H]1CCCC1(C)C. The van der Waals surface area contributed by atoms with E-state index in [2.05, 4.69) is 249 Å². The molecule has 0 heteroatoms. The summed E-state index contributed by atoms with van der Waals surface area (Å²) < 4.78 is 0. The largest absolute Gasteiger partial charge is 0.0683 e. The van der Waals surface area contributed by atoms with Crippen LogP contribution in [0.4, 0.5) is 0 Å². The molecular formula is C90H200. The summed E-state index contributed by atoms with van der Waals surface area (Å²) in [4.78, 5) is 0. The number of hydrogen-bond acceptors (Lipinski definition) is 0. The molecule has 0 amide bonds. The summed E-state index contributed by atoms with van der Waals surface area (Å²) in [6.07, 6.45) is 47.3. The molecule has 90 heavy (non-hydrogen) atoms. The van der Waals surface area contributed by atoms with Crippen LogP contribution in [0, 0.1) is 99.1 Å². The van der Waals surface area contributed by atoms with E-state index >= 15 is 0 Å². The third-order valence-electron chi connectivity index (χ3n) is 18.8. The van der Waals surface area contributed by atoms with Crippen molar-refractivity contribution in [1.82, 2.24) is 0 Å². The van der Waals surface area contributed by atoms with Crippen molar-refractivity contribution in [3.8, 4) is 0 Å². The first kappa shape index (κ1) is 111. The maximum Gasteiger partial charge on any atom is -0.0329 e. The summed E-state index contributed by atoms with van der Waals surface area (Å²) in [6, 6.07) is 0. The third kappa shape index (κ3) is 118. The van der Waals surface area contributed by atoms with Gasteiger partial charge in [-0.05, 0) is 106 Å². The Balaban J connectivity index is -0.0000000950. The Hall–Kier alpha value is 0. The summed E-state index contributed by atoms with van der Waals surface area (Å²) >= 11 is 0. The first-order chi connectivity index (χ1) is 41.8. The van der Waals surface area contributed by atoms with Gasteiger partial charge in [0.05, 0.1) is 0 Å². The molecule has 0 aromatic heterocycles. The molecule has 560 valence electrons. The van der Waals surface area contributed by atoms with Gasteiger partial charge in [-0.2, -0.15) is 0 Å². The van der Waals surface area contributed by atoms with Gasteiger partial charge in [0, 0.05) is 0 Å². The van der Waals surface area contributed by atoms with Crippen LogP contribution in [0.15, 0.2) is 0 Å². The molecule has 0 nitrogen and oxygen atoms in total. The van der Waals surface area contributed by atoms with Crippen LogP contribution in [0.1, 0.15) is 489 Å². The predicted molar refractivity (Wildman–Crippen MR) is 435 cm³/mol. The molecule has 0 heterocycles. The van der Waals surface area contributed by atoms with Crippen molar-refractivity contribution in [2.75, 3.05) is 0 Å². The smallest absolute Gasteiger partial charge is 0.0329 e. The average molecular weight is 1280 g/mol. The van der Waals surface area contributed by atoms with Gasteiger partial charge in [0.25, 0.3) is 0 Å². The minimum atomic E-state index is 0.500. The zero-order valence-electron chi connectivity index (χ0n) is 72.9. The molecule has 0 spiro atoms. The highest BCUT2D eigenvalue weighted by Gasteiger charge is 2.30. The first-order valence-electron chi connectivity index (χ1n) is 41.8. The molecule has 0 bridgehead atoms. The molecule has 8 fully saturated rings. The van der Waals surface area contributed by atoms with Crippen molar-refractivity contribution in [2.24, 2.45) is 99.1 Å². The van der Waals surface area contributed by atoms with Gasteiger partial charge in [0.15, 0.2) is 0 Å². The molecule has 8 rings (SSSR count). The summed E-state index contributed by atoms with van der Waals surface area (Å²) in [5, 5.41) is 0. The first-order valence-corrected chi connectivity index (χ1v) is 41.8. The second-order valence-corrected chi connectivity index (χ2v) is 34.5. The second-order valence-electron chi connectivity index (χ2n) is 34.5. The summed E-state index contributed by atoms with van der Waals surface area (Å²) in [6.45, 7) is 88.9. The highest BCUT2D eigenvalue weighted by molar-refractivity contribution is 4.81. The lowest BCUT2D eigenvalue weighted by Crippen LogP contribution is -2.13. The molecule has 0 aliphatic heterocycles. The lowest BCUT2D eigenvalue weighted by Gasteiger charge is -2.22. The lowest BCUT2D eigenvalue weighted by atomic mass is 9.83. The molecule has 0 radical (unpaired) electrons. The van der Waals surface area contributed by atoms with Crippen LogP contribution >= 0.6 is 0 Å². The molecule has 8 aliphatic carbocycles. The van der Waals surface area contributed by atoms with E-state index in [0.717, 1.165) is 82.9 Å². The molecule has 0 saturated heterocycles. The lowest BCUT2D eigenvalue weighted by molar-refractivity contribution is 0.281. The summed E-state index contributed by atoms with van der Waals surface area (Å²) in [5.74, 6) is 14.0. The van der Waals surface area contributed by atoms with E-state index in [-0.39, 0.29) is 0 Å². The van der Waals surface area contributed by atoms with Gasteiger partial charge in [-0.25, -0.2) is 0 Å². The fourth-order valence-electron chi connectivity index (χ4n) is 8.13. The number of hydrogen-bond donors (Lipinski definition) is 0. The minimum absolute atomic E-state index is 0.500. The van der Waals surface area contributed by atoms with Crippen LogP contribution in [-0.2, 0) is 0 Å². The highest BCUT2D eigenvalue weighted by atomic mass is 14.4. The van der Waals surface area contributed by atoms with Crippen molar-refractivity contribution in [1.29, 1.82) is 0 Å². The average Bonchev–Trinajstić information content (AvgIpc) is 4.50. The van der Waals surface area contributed by atoms with Crippen molar-refractivity contribution in [3.05, 3.63) is 0 Å². The van der Waals surface area contributed by atoms with E-state index in [9.17, 15) is 0 Å². The van der Waals surface area contributed by atoms with Crippen LogP contribution in [0.3, 0.4) is 0 Å². The maximum atomic E-state index is 2.38. The zero-order chi connectivity index (χ0) is 72.9. The van der Waals surface area contributed by atoms with E-state index in [1.807, 2.05) is 27.7 Å². The van der Waals surface area contributed by atoms with Gasteiger partial charge in [0.1, 0.15) is 0 Å². The van der Waals surface area contributed by atoms with Gasteiger partial charge >= 0.3 is 0 Å². The van der Waals surface area contributed by atoms with E-state index in [0.29, 0.717) is 16.2 Å². The van der Waals surface area contributed by atoms with Crippen LogP contribution in [0.2, 0.25) is 0 Å². The fraction of sp³-hybridized carbons (Fsp3) is 1.00. The van der Waals surface area contributed by atoms with E-state index in [1.54, 1.807) is 0 Å². The molecule has 8 saturated carbocycles. The van der Waals surface area contributed by atoms with Crippen molar-refractivity contribution in [2.45, 2.75) is 489 Å². The second kappa shape index (κ2) is 79.7. The third-order valence-corrected chi connectivity index (χ3v) is 18.8. The van der Waals surface area contributed by atoms with Gasteiger partial charge in [-0.1, -0.05) is 482 Å². The topological polar surface area (TPSA) is 0 Å². The number of rotatable bonds is 7. The zero-order valence-corrected chi connectivity index (χ0v) is 72.9. The van der Waals surface area contributed by atoms with Gasteiger partial charge < -0.3 is 0 Å². The van der Waals surface area contributed by atoms with Crippen LogP contribution in [0.25, 0.3) is 0 Å². The van der Waals surface area contributed by atoms with E-state index in [4.69, 9.17) is 0 Å². The Morgan fingerprint density at radius 2 is 0.622 bits per heavy atom. The monoisotopic (exact) mass is 1280 g/mol. The quantitative estimate of drug-likeness (QED) is 0.238. The maximum absolute atomic E-state index is 2.38. The van der Waals surface area contributed by atoms with Crippen molar-refractivity contribution < 1.29 is 0 Å². The van der Waals surface area contributed by atoms with Crippen LogP contribution in [-0.4, -0.2) is 0 Å². The molecule has 0 aromatic rings. The predicted octanol–water partition coefficient (Wildman–Crippen LogP) is 35.1. The molecular weight excluding hydrogens is 1080 g/mol. The fourth-order valence-corrected chi connectivity index (χ4v) is 8.13. The molecule has 5 atom stereocenters.